The maximum Gasteiger partial charge on any atom is 0.311 e. The Balaban J connectivity index is 4.67. The van der Waals surface area contributed by atoms with Crippen LogP contribution in [0.2, 0.25) is 0 Å². The zero-order chi connectivity index (χ0) is 9.23. The number of halogens is 3. The molecule has 0 heterocycles. The molecule has 0 aliphatic heterocycles. The molecule has 0 aromatic heterocycles. The molecule has 1 atom stereocenters. The molecule has 11 heavy (non-hydrogen) atoms. The van der Waals surface area contributed by atoms with Gasteiger partial charge in [-0.3, -0.25) is 0 Å². The summed E-state index contributed by atoms with van der Waals surface area (Å²) in [4.78, 5) is 0. The molecule has 66 valence electrons. The molecule has 0 fully saturated rings. The van der Waals surface area contributed by atoms with Gasteiger partial charge in [0.1, 0.15) is 0 Å². The molecule has 0 saturated heterocycles. The lowest BCUT2D eigenvalue weighted by Crippen LogP contribution is -2.28. The predicted molar refractivity (Wildman–Crippen MR) is 67.9 cm³/mol. The monoisotopic (exact) mass is 496 g/mol. The van der Waals surface area contributed by atoms with Crippen molar-refractivity contribution in [1.29, 1.82) is 0 Å². The van der Waals surface area contributed by atoms with Gasteiger partial charge in [-0.05, 0) is 52.1 Å². The average Bonchev–Trinajstić information content (AvgIpc) is 1.82. The fourth-order valence-electron chi connectivity index (χ4n) is 0.335. The molecule has 3 N–H and O–H groups in total. The third kappa shape index (κ3) is 4.55. The summed E-state index contributed by atoms with van der Waals surface area (Å²) >= 11 is 5.79. The zero-order valence-corrected chi connectivity index (χ0v) is 12.0. The van der Waals surface area contributed by atoms with Crippen LogP contribution in [0.1, 0.15) is 6.92 Å². The van der Waals surface area contributed by atoms with Gasteiger partial charge in [0.25, 0.3) is 0 Å². The molecule has 3 nitrogen and oxygen atoms in total. The van der Waals surface area contributed by atoms with E-state index in [0.29, 0.717) is 0 Å². The number of hydrogen-bond acceptors (Lipinski definition) is 3. The molecule has 1 unspecified atom stereocenters. The van der Waals surface area contributed by atoms with Gasteiger partial charge in [0.15, 0.2) is 0 Å². The van der Waals surface area contributed by atoms with E-state index >= 15 is 0 Å². The SMILES string of the molecule is CC(I)C(I)=C(I)C(O)(O)O. The van der Waals surface area contributed by atoms with Gasteiger partial charge in [0.2, 0.25) is 0 Å². The summed E-state index contributed by atoms with van der Waals surface area (Å²) < 4.78 is 1.04. The predicted octanol–water partition coefficient (Wildman–Crippen LogP) is 1.52. The van der Waals surface area contributed by atoms with Crippen LogP contribution >= 0.6 is 67.8 Å². The number of aliphatic hydroxyl groups is 3. The third-order valence-corrected chi connectivity index (χ3v) is 6.48. The van der Waals surface area contributed by atoms with Crippen LogP contribution in [0.25, 0.3) is 0 Å². The van der Waals surface area contributed by atoms with E-state index in [-0.39, 0.29) is 7.50 Å². The van der Waals surface area contributed by atoms with Crippen LogP contribution in [-0.4, -0.2) is 25.2 Å². The Morgan fingerprint density at radius 2 is 1.64 bits per heavy atom. The van der Waals surface area contributed by atoms with E-state index in [1.165, 1.54) is 0 Å². The Morgan fingerprint density at radius 1 is 1.27 bits per heavy atom. The number of allylic oxidation sites excluding steroid dienone is 1. The molecule has 0 aromatic carbocycles. The Kier molecular flexibility index (Phi) is 5.69. The van der Waals surface area contributed by atoms with E-state index < -0.39 is 5.97 Å². The molecular formula is C5H7I3O3. The number of hydrogen-bond donors (Lipinski definition) is 3. The molecule has 0 aliphatic carbocycles. The summed E-state index contributed by atoms with van der Waals surface area (Å²) in [5.74, 6) is -2.68. The zero-order valence-electron chi connectivity index (χ0n) is 5.55. The number of alkyl halides is 1. The summed E-state index contributed by atoms with van der Waals surface area (Å²) in [5.41, 5.74) is 0. The molecule has 0 saturated carbocycles. The van der Waals surface area contributed by atoms with E-state index in [1.54, 1.807) is 22.6 Å². The van der Waals surface area contributed by atoms with Crippen LogP contribution in [0.15, 0.2) is 7.16 Å². The van der Waals surface area contributed by atoms with Gasteiger partial charge < -0.3 is 15.3 Å². The lowest BCUT2D eigenvalue weighted by atomic mass is 10.4. The second-order valence-electron chi connectivity index (χ2n) is 1.91. The van der Waals surface area contributed by atoms with Crippen LogP contribution in [0, 0.1) is 0 Å². The van der Waals surface area contributed by atoms with Crippen molar-refractivity contribution >= 4 is 67.8 Å². The highest BCUT2D eigenvalue weighted by molar-refractivity contribution is 14.1. The van der Waals surface area contributed by atoms with Gasteiger partial charge in [-0.25, -0.2) is 0 Å². The largest absolute Gasteiger partial charge is 0.339 e. The van der Waals surface area contributed by atoms with E-state index in [0.717, 1.165) is 3.58 Å². The van der Waals surface area contributed by atoms with Gasteiger partial charge in [-0.2, -0.15) is 0 Å². The average molecular weight is 496 g/mol. The summed E-state index contributed by atoms with van der Waals surface area (Å²) in [7, 11) is 0. The molecule has 0 aromatic rings. The standard InChI is InChI=1S/C5H7I3O3/c1-2(6)3(7)4(8)5(9,10)11/h2,9-11H,1H3. The molecule has 0 aliphatic rings. The highest BCUT2D eigenvalue weighted by Gasteiger charge is 2.26. The normalized spacial score (nSPS) is 17.7. The van der Waals surface area contributed by atoms with Gasteiger partial charge in [0, 0.05) is 7.50 Å². The van der Waals surface area contributed by atoms with E-state index in [2.05, 4.69) is 22.6 Å². The van der Waals surface area contributed by atoms with Gasteiger partial charge >= 0.3 is 5.97 Å². The van der Waals surface area contributed by atoms with E-state index in [1.807, 2.05) is 29.5 Å². The minimum absolute atomic E-state index is 0.151. The maximum absolute atomic E-state index is 8.74. The summed E-state index contributed by atoms with van der Waals surface area (Å²) in [5, 5.41) is 26.2. The summed E-state index contributed by atoms with van der Waals surface area (Å²) in [6.07, 6.45) is 0. The fourth-order valence-corrected chi connectivity index (χ4v) is 2.07. The van der Waals surface area contributed by atoms with Gasteiger partial charge in [0.05, 0.1) is 3.58 Å². The molecule has 0 rings (SSSR count). The first kappa shape index (κ1) is 12.8. The summed E-state index contributed by atoms with van der Waals surface area (Å²) in [6, 6.07) is 0. The van der Waals surface area contributed by atoms with Crippen LogP contribution in [0.5, 0.6) is 0 Å². The molecular weight excluding hydrogens is 489 g/mol. The van der Waals surface area contributed by atoms with Crippen molar-refractivity contribution in [2.75, 3.05) is 0 Å². The maximum atomic E-state index is 8.74. The molecule has 0 spiro atoms. The molecule has 0 amide bonds. The van der Waals surface area contributed by atoms with Crippen molar-refractivity contribution in [2.24, 2.45) is 0 Å². The van der Waals surface area contributed by atoms with E-state index in [9.17, 15) is 0 Å². The van der Waals surface area contributed by atoms with Crippen molar-refractivity contribution in [3.05, 3.63) is 7.16 Å². The molecule has 0 bridgehead atoms. The summed E-state index contributed by atoms with van der Waals surface area (Å²) in [6.45, 7) is 1.90. The first-order valence-corrected chi connectivity index (χ1v) is 6.04. The Bertz CT molecular complexity index is 170. The van der Waals surface area contributed by atoms with Crippen molar-refractivity contribution in [1.82, 2.24) is 0 Å². The number of rotatable bonds is 2. The van der Waals surface area contributed by atoms with E-state index in [4.69, 9.17) is 15.3 Å². The van der Waals surface area contributed by atoms with Crippen LogP contribution in [0.4, 0.5) is 0 Å². The van der Waals surface area contributed by atoms with Gasteiger partial charge in [-0.1, -0.05) is 22.6 Å². The second kappa shape index (κ2) is 4.88. The Labute approximate surface area is 106 Å². The Hall–Kier alpha value is 1.81. The van der Waals surface area contributed by atoms with Crippen molar-refractivity contribution in [2.45, 2.75) is 16.8 Å². The minimum atomic E-state index is -2.68. The highest BCUT2D eigenvalue weighted by Crippen LogP contribution is 2.31. The lowest BCUT2D eigenvalue weighted by Gasteiger charge is -2.16. The third-order valence-electron chi connectivity index (χ3n) is 0.853. The van der Waals surface area contributed by atoms with Crippen molar-refractivity contribution < 1.29 is 15.3 Å². The smallest absolute Gasteiger partial charge is 0.311 e. The quantitative estimate of drug-likeness (QED) is 0.309. The first-order valence-electron chi connectivity index (χ1n) is 2.63. The van der Waals surface area contributed by atoms with Crippen molar-refractivity contribution in [3.8, 4) is 0 Å². The Morgan fingerprint density at radius 3 is 1.73 bits per heavy atom. The minimum Gasteiger partial charge on any atom is -0.339 e. The molecule has 0 radical (unpaired) electrons. The lowest BCUT2D eigenvalue weighted by molar-refractivity contribution is -0.275. The first-order chi connectivity index (χ1) is 4.76. The van der Waals surface area contributed by atoms with Crippen LogP contribution in [-0.2, 0) is 0 Å². The van der Waals surface area contributed by atoms with Gasteiger partial charge in [-0.15, -0.1) is 0 Å². The van der Waals surface area contributed by atoms with Crippen molar-refractivity contribution in [3.63, 3.8) is 0 Å². The fraction of sp³-hybridized carbons (Fsp3) is 0.600. The van der Waals surface area contributed by atoms with Crippen LogP contribution < -0.4 is 0 Å². The van der Waals surface area contributed by atoms with Crippen LogP contribution in [0.3, 0.4) is 0 Å². The highest BCUT2D eigenvalue weighted by atomic mass is 127. The molecule has 6 heteroatoms. The topological polar surface area (TPSA) is 60.7 Å². The second-order valence-corrected chi connectivity index (χ2v) is 6.02.